The number of hydrogen-bond donors (Lipinski definition) is 1. The minimum atomic E-state index is -1.76. The summed E-state index contributed by atoms with van der Waals surface area (Å²) in [5.41, 5.74) is 10.1. The van der Waals surface area contributed by atoms with E-state index < -0.39 is 14.3 Å². The van der Waals surface area contributed by atoms with Crippen molar-refractivity contribution in [1.82, 2.24) is 19.8 Å². The lowest BCUT2D eigenvalue weighted by molar-refractivity contribution is -0.141. The quantitative estimate of drug-likeness (QED) is 0.140. The van der Waals surface area contributed by atoms with Crippen LogP contribution < -0.4 is 0 Å². The maximum Gasteiger partial charge on any atom is 0.307 e. The van der Waals surface area contributed by atoms with Crippen LogP contribution in [0.1, 0.15) is 60.0 Å². The van der Waals surface area contributed by atoms with Crippen LogP contribution in [0.3, 0.4) is 0 Å². The van der Waals surface area contributed by atoms with Crippen molar-refractivity contribution in [2.75, 3.05) is 32.8 Å². The molecule has 1 fully saturated rings. The van der Waals surface area contributed by atoms with Crippen molar-refractivity contribution >= 4 is 36.7 Å². The molecular weight excluding hydrogens is 699 g/mol. The molecule has 0 amide bonds. The lowest BCUT2D eigenvalue weighted by Crippen LogP contribution is -2.43. The smallest absolute Gasteiger partial charge is 0.307 e. The molecule has 0 saturated carbocycles. The van der Waals surface area contributed by atoms with Crippen LogP contribution in [0, 0.1) is 31.1 Å². The van der Waals surface area contributed by atoms with E-state index in [9.17, 15) is 15.2 Å². The van der Waals surface area contributed by atoms with Crippen LogP contribution in [0.2, 0.25) is 18.1 Å². The molecule has 9 nitrogen and oxygen atoms in total. The normalized spacial score (nSPS) is 17.0. The number of fused-ring (bicyclic) bond motifs is 2. The molecule has 1 atom stereocenters. The van der Waals surface area contributed by atoms with E-state index in [1.54, 1.807) is 0 Å². The number of oxazole rings is 1. The molecule has 0 spiro atoms. The monoisotopic (exact) mass is 747 g/mol. The number of carboxylic acids is 1. The van der Waals surface area contributed by atoms with Gasteiger partial charge in [-0.2, -0.15) is 5.26 Å². The highest BCUT2D eigenvalue weighted by atomic mass is 32.1. The molecule has 2 aliphatic heterocycles. The van der Waals surface area contributed by atoms with Gasteiger partial charge in [0, 0.05) is 61.8 Å². The molecule has 0 unspecified atom stereocenters. The van der Waals surface area contributed by atoms with Crippen LogP contribution >= 0.6 is 11.3 Å². The van der Waals surface area contributed by atoms with E-state index in [1.165, 1.54) is 16.1 Å². The summed E-state index contributed by atoms with van der Waals surface area (Å²) in [4.78, 5) is 27.5. The van der Waals surface area contributed by atoms with Gasteiger partial charge in [0.05, 0.1) is 17.2 Å². The number of hydrogen-bond acceptors (Lipinski definition) is 9. The number of thiazole rings is 1. The number of nitrogens with zero attached hydrogens (tertiary/aromatic N) is 5. The molecule has 2 aromatic heterocycles. The SMILES string of the molecule is Cc1c(-c2nc3cc(CN4CC[C@@H](C(=O)O)C4)cc(C#N)c3o2)cccc1-c1cccc(-c2nc3c(s2)CN(CCO[Si](C)(C)C(C)(C)C)CC3)c1C. The number of rotatable bonds is 10. The summed E-state index contributed by atoms with van der Waals surface area (Å²) in [6.45, 7) is 21.2. The van der Waals surface area contributed by atoms with Crippen LogP contribution in [0.4, 0.5) is 0 Å². The molecule has 53 heavy (non-hydrogen) atoms. The second kappa shape index (κ2) is 14.6. The first-order chi connectivity index (χ1) is 25.2. The Balaban J connectivity index is 1.12. The fraction of sp³-hybridized carbons (Fsp3) is 0.429. The zero-order valence-corrected chi connectivity index (χ0v) is 33.7. The number of aliphatic carboxylic acids is 1. The summed E-state index contributed by atoms with van der Waals surface area (Å²) in [5.74, 6) is -0.636. The van der Waals surface area contributed by atoms with E-state index in [-0.39, 0.29) is 11.0 Å². The summed E-state index contributed by atoms with van der Waals surface area (Å²) in [6.07, 6.45) is 1.59. The molecule has 0 bridgehead atoms. The van der Waals surface area contributed by atoms with Gasteiger partial charge in [0.2, 0.25) is 5.89 Å². The minimum absolute atomic E-state index is 0.212. The summed E-state index contributed by atoms with van der Waals surface area (Å²) >= 11 is 1.81. The topological polar surface area (TPSA) is 116 Å². The number of carbonyl (C=O) groups is 1. The van der Waals surface area contributed by atoms with Crippen molar-refractivity contribution in [3.8, 4) is 39.2 Å². The molecule has 3 aromatic carbocycles. The Hall–Kier alpha value is -4.18. The highest BCUT2D eigenvalue weighted by Crippen LogP contribution is 2.40. The Morgan fingerprint density at radius 1 is 1.04 bits per heavy atom. The second-order valence-corrected chi connectivity index (χ2v) is 22.1. The third-order valence-corrected chi connectivity index (χ3v) is 17.3. The Kier molecular flexibility index (Phi) is 10.2. The molecule has 0 radical (unpaired) electrons. The third kappa shape index (κ3) is 7.48. The van der Waals surface area contributed by atoms with Crippen molar-refractivity contribution in [2.45, 2.75) is 78.7 Å². The average molecular weight is 748 g/mol. The molecule has 0 aliphatic carbocycles. The highest BCUT2D eigenvalue weighted by Gasteiger charge is 2.37. The fourth-order valence-corrected chi connectivity index (χ4v) is 9.60. The summed E-state index contributed by atoms with van der Waals surface area (Å²) in [5, 5.41) is 20.7. The number of aromatic nitrogens is 2. The number of nitriles is 1. The highest BCUT2D eigenvalue weighted by molar-refractivity contribution is 7.15. The van der Waals surface area contributed by atoms with E-state index in [2.05, 4.69) is 87.8 Å². The summed E-state index contributed by atoms with van der Waals surface area (Å²) in [7, 11) is -1.76. The first kappa shape index (κ1) is 37.1. The Labute approximate surface area is 317 Å². The van der Waals surface area contributed by atoms with Gasteiger partial charge in [-0.3, -0.25) is 14.6 Å². The molecule has 11 heteroatoms. The fourth-order valence-electron chi connectivity index (χ4n) is 7.34. The van der Waals surface area contributed by atoms with Gasteiger partial charge in [-0.05, 0) is 91.0 Å². The van der Waals surface area contributed by atoms with Gasteiger partial charge in [0.15, 0.2) is 13.9 Å². The number of likely N-dealkylation sites (tertiary alicyclic amines) is 1. The zero-order chi connectivity index (χ0) is 37.7. The standard InChI is InChI=1S/C42H49N5O4SSi/c1-26-31(10-8-12-33(26)39-44-36-21-28(20-30(22-43)38(36)51-39)23-47-16-14-29(24-47)41(48)49)32-11-9-13-34(27(32)2)40-45-35-15-17-46(25-37(35)52-40)18-19-50-53(6,7)42(3,4)5/h8-13,20-21,29H,14-19,23-25H2,1-7H3,(H,48,49)/t29-/m1/s1. The van der Waals surface area contributed by atoms with Gasteiger partial charge < -0.3 is 13.9 Å². The first-order valence-electron chi connectivity index (χ1n) is 18.6. The summed E-state index contributed by atoms with van der Waals surface area (Å²) < 4.78 is 12.8. The third-order valence-electron chi connectivity index (χ3n) is 11.6. The van der Waals surface area contributed by atoms with Crippen LogP contribution in [0.15, 0.2) is 52.9 Å². The summed E-state index contributed by atoms with van der Waals surface area (Å²) in [6, 6.07) is 18.7. The molecule has 2 aliphatic rings. The van der Waals surface area contributed by atoms with Crippen LogP contribution in [-0.4, -0.2) is 71.9 Å². The van der Waals surface area contributed by atoms with Crippen molar-refractivity contribution in [3.63, 3.8) is 0 Å². The van der Waals surface area contributed by atoms with Gasteiger partial charge in [-0.25, -0.2) is 9.97 Å². The maximum atomic E-state index is 11.5. The minimum Gasteiger partial charge on any atom is -0.481 e. The molecule has 1 N–H and O–H groups in total. The van der Waals surface area contributed by atoms with Crippen LogP contribution in [-0.2, 0) is 28.7 Å². The molecule has 1 saturated heterocycles. The molecule has 5 aromatic rings. The van der Waals surface area contributed by atoms with Crippen molar-refractivity contribution < 1.29 is 18.7 Å². The first-order valence-corrected chi connectivity index (χ1v) is 22.3. The predicted octanol–water partition coefficient (Wildman–Crippen LogP) is 9.06. The van der Waals surface area contributed by atoms with E-state index in [4.69, 9.17) is 18.8 Å². The Morgan fingerprint density at radius 2 is 1.74 bits per heavy atom. The van der Waals surface area contributed by atoms with E-state index in [0.29, 0.717) is 48.6 Å². The maximum absolute atomic E-state index is 11.5. The van der Waals surface area contributed by atoms with Gasteiger partial charge >= 0.3 is 5.97 Å². The Bertz CT molecular complexity index is 2230. The van der Waals surface area contributed by atoms with Gasteiger partial charge in [-0.15, -0.1) is 11.3 Å². The van der Waals surface area contributed by atoms with E-state index in [0.717, 1.165) is 71.1 Å². The number of benzene rings is 3. The van der Waals surface area contributed by atoms with Crippen molar-refractivity contribution in [1.29, 1.82) is 5.26 Å². The van der Waals surface area contributed by atoms with Crippen molar-refractivity contribution in [2.24, 2.45) is 5.92 Å². The molecular formula is C42H49N5O4SSi. The lowest BCUT2D eigenvalue weighted by atomic mass is 9.91. The molecule has 4 heterocycles. The largest absolute Gasteiger partial charge is 0.481 e. The van der Waals surface area contributed by atoms with Crippen molar-refractivity contribution in [3.05, 3.63) is 81.4 Å². The van der Waals surface area contributed by atoms with E-state index >= 15 is 0 Å². The van der Waals surface area contributed by atoms with Gasteiger partial charge in [0.1, 0.15) is 16.6 Å². The van der Waals surface area contributed by atoms with Crippen LogP contribution in [0.5, 0.6) is 0 Å². The van der Waals surface area contributed by atoms with Crippen LogP contribution in [0.25, 0.3) is 44.3 Å². The number of carboxylic acid groups (broad SMARTS) is 1. The second-order valence-electron chi connectivity index (χ2n) is 16.2. The average Bonchev–Trinajstić information content (AvgIpc) is 3.86. The predicted molar refractivity (Wildman–Crippen MR) is 213 cm³/mol. The van der Waals surface area contributed by atoms with Gasteiger partial charge in [-0.1, -0.05) is 51.1 Å². The Morgan fingerprint density at radius 3 is 2.42 bits per heavy atom. The zero-order valence-electron chi connectivity index (χ0n) is 31.9. The lowest BCUT2D eigenvalue weighted by Gasteiger charge is -2.37. The molecule has 276 valence electrons. The molecule has 7 rings (SSSR count). The van der Waals surface area contributed by atoms with E-state index in [1.807, 2.05) is 35.6 Å². The van der Waals surface area contributed by atoms with Gasteiger partial charge in [0.25, 0.3) is 0 Å².